The highest BCUT2D eigenvalue weighted by molar-refractivity contribution is 6.30. The number of carbonyl (C=O) groups is 1. The molecule has 33 heavy (non-hydrogen) atoms. The van der Waals surface area contributed by atoms with E-state index in [2.05, 4.69) is 46.4 Å². The number of anilines is 2. The quantitative estimate of drug-likeness (QED) is 0.589. The summed E-state index contributed by atoms with van der Waals surface area (Å²) in [5.74, 6) is 0.761. The van der Waals surface area contributed by atoms with Crippen LogP contribution in [0.2, 0.25) is 5.02 Å². The highest BCUT2D eigenvalue weighted by Crippen LogP contribution is 2.27. The fourth-order valence-electron chi connectivity index (χ4n) is 4.05. The predicted octanol–water partition coefficient (Wildman–Crippen LogP) is 4.32. The molecule has 0 atom stereocenters. The topological polar surface area (TPSA) is 84.3 Å². The summed E-state index contributed by atoms with van der Waals surface area (Å²) in [7, 11) is 0. The number of rotatable bonds is 5. The maximum atomic E-state index is 12.1. The first-order chi connectivity index (χ1) is 15.9. The minimum absolute atomic E-state index is 0.249. The molecule has 3 aromatic rings. The Morgan fingerprint density at radius 1 is 1.15 bits per heavy atom. The third kappa shape index (κ3) is 5.36. The van der Waals surface area contributed by atoms with Crippen molar-refractivity contribution in [1.82, 2.24) is 15.2 Å². The summed E-state index contributed by atoms with van der Waals surface area (Å²) in [6, 6.07) is 15.2. The molecule has 0 unspecified atom stereocenters. The molecule has 0 spiro atoms. The number of aryl methyl sites for hydroxylation is 2. The minimum atomic E-state index is -0.249. The Bertz CT molecular complexity index is 1210. The molecule has 7 nitrogen and oxygen atoms in total. The zero-order valence-electron chi connectivity index (χ0n) is 18.9. The largest absolute Gasteiger partial charge is 0.353 e. The minimum Gasteiger partial charge on any atom is -0.353 e. The number of nitriles is 1. The zero-order chi connectivity index (χ0) is 23.4. The number of piperazine rings is 1. The summed E-state index contributed by atoms with van der Waals surface area (Å²) < 4.78 is 0. The standard InChI is InChI=1S/C25H27ClN6O/c1-17-6-7-19-14-20(16-27)24(30-23(19)18(17)2)32-12-10-31(11-13-32)9-8-28-25(33)29-22-5-3-4-21(26)15-22/h3-7,14-15H,8-13H2,1-2H3,(H2,28,29,33). The van der Waals surface area contributed by atoms with E-state index in [4.69, 9.17) is 16.6 Å². The van der Waals surface area contributed by atoms with Gasteiger partial charge >= 0.3 is 6.03 Å². The van der Waals surface area contributed by atoms with Crippen molar-refractivity contribution in [2.24, 2.45) is 0 Å². The molecule has 0 saturated carbocycles. The summed E-state index contributed by atoms with van der Waals surface area (Å²) in [5, 5.41) is 16.9. The molecule has 0 radical (unpaired) electrons. The molecule has 1 fully saturated rings. The molecule has 0 bridgehead atoms. The number of amides is 2. The van der Waals surface area contributed by atoms with E-state index in [1.54, 1.807) is 24.3 Å². The molecule has 2 amide bonds. The zero-order valence-corrected chi connectivity index (χ0v) is 19.6. The van der Waals surface area contributed by atoms with Gasteiger partial charge in [0.2, 0.25) is 0 Å². The number of urea groups is 1. The Hall–Kier alpha value is -3.34. The van der Waals surface area contributed by atoms with Crippen LogP contribution in [0, 0.1) is 25.2 Å². The fourth-order valence-corrected chi connectivity index (χ4v) is 4.24. The Labute approximate surface area is 199 Å². The van der Waals surface area contributed by atoms with Gasteiger partial charge in [-0.3, -0.25) is 4.90 Å². The van der Waals surface area contributed by atoms with E-state index in [1.165, 1.54) is 5.56 Å². The van der Waals surface area contributed by atoms with Crippen LogP contribution in [0.1, 0.15) is 16.7 Å². The second kappa shape index (κ2) is 10.1. The van der Waals surface area contributed by atoms with Crippen LogP contribution in [0.15, 0.2) is 42.5 Å². The number of carbonyl (C=O) groups excluding carboxylic acids is 1. The second-order valence-corrected chi connectivity index (χ2v) is 8.71. The van der Waals surface area contributed by atoms with Crippen LogP contribution in [0.3, 0.4) is 0 Å². The van der Waals surface area contributed by atoms with Crippen LogP contribution in [-0.4, -0.2) is 55.2 Å². The van der Waals surface area contributed by atoms with E-state index in [-0.39, 0.29) is 6.03 Å². The van der Waals surface area contributed by atoms with Crippen LogP contribution in [0.25, 0.3) is 10.9 Å². The predicted molar refractivity (Wildman–Crippen MR) is 133 cm³/mol. The van der Waals surface area contributed by atoms with Gasteiger partial charge in [0.05, 0.1) is 11.1 Å². The van der Waals surface area contributed by atoms with Crippen LogP contribution in [0.5, 0.6) is 0 Å². The van der Waals surface area contributed by atoms with Crippen molar-refractivity contribution in [1.29, 1.82) is 5.26 Å². The Morgan fingerprint density at radius 2 is 1.94 bits per heavy atom. The number of hydrogen-bond acceptors (Lipinski definition) is 5. The molecule has 1 aromatic heterocycles. The lowest BCUT2D eigenvalue weighted by atomic mass is 10.0. The number of halogens is 1. The molecule has 8 heteroatoms. The van der Waals surface area contributed by atoms with Crippen LogP contribution in [0.4, 0.5) is 16.3 Å². The highest BCUT2D eigenvalue weighted by Gasteiger charge is 2.21. The van der Waals surface area contributed by atoms with Crippen LogP contribution >= 0.6 is 11.6 Å². The SMILES string of the molecule is Cc1ccc2cc(C#N)c(N3CCN(CCNC(=O)Nc4cccc(Cl)c4)CC3)nc2c1C. The molecule has 170 valence electrons. The Morgan fingerprint density at radius 3 is 2.67 bits per heavy atom. The average molecular weight is 463 g/mol. The molecular weight excluding hydrogens is 436 g/mol. The van der Waals surface area contributed by atoms with Crippen molar-refractivity contribution in [3.63, 3.8) is 0 Å². The lowest BCUT2D eigenvalue weighted by Gasteiger charge is -2.35. The number of pyridine rings is 1. The first-order valence-electron chi connectivity index (χ1n) is 11.0. The normalized spacial score (nSPS) is 14.2. The molecule has 1 saturated heterocycles. The molecular formula is C25H27ClN6O. The van der Waals surface area contributed by atoms with Crippen molar-refractivity contribution in [3.8, 4) is 6.07 Å². The van der Waals surface area contributed by atoms with Gasteiger partial charge in [-0.25, -0.2) is 9.78 Å². The van der Waals surface area contributed by atoms with Crippen molar-refractivity contribution in [2.75, 3.05) is 49.5 Å². The van der Waals surface area contributed by atoms with Gasteiger partial charge in [-0.15, -0.1) is 0 Å². The van der Waals surface area contributed by atoms with E-state index < -0.39 is 0 Å². The second-order valence-electron chi connectivity index (χ2n) is 8.27. The monoisotopic (exact) mass is 462 g/mol. The highest BCUT2D eigenvalue weighted by atomic mass is 35.5. The molecule has 4 rings (SSSR count). The van der Waals surface area contributed by atoms with E-state index in [1.807, 2.05) is 12.1 Å². The Kier molecular flexibility index (Phi) is 6.97. The number of hydrogen-bond donors (Lipinski definition) is 2. The van der Waals surface area contributed by atoms with Gasteiger partial charge in [0.1, 0.15) is 11.9 Å². The maximum Gasteiger partial charge on any atom is 0.319 e. The summed E-state index contributed by atoms with van der Waals surface area (Å²) in [6.07, 6.45) is 0. The van der Waals surface area contributed by atoms with Gasteiger partial charge in [0.25, 0.3) is 0 Å². The molecule has 0 aliphatic carbocycles. The molecule has 2 N–H and O–H groups in total. The fraction of sp³-hybridized carbons (Fsp3) is 0.320. The summed E-state index contributed by atoms with van der Waals surface area (Å²) in [4.78, 5) is 21.5. The number of aromatic nitrogens is 1. The van der Waals surface area contributed by atoms with Gasteiger partial charge in [0.15, 0.2) is 0 Å². The molecule has 1 aliphatic heterocycles. The van der Waals surface area contributed by atoms with Gasteiger partial charge in [0, 0.05) is 55.4 Å². The van der Waals surface area contributed by atoms with Crippen molar-refractivity contribution >= 4 is 40.0 Å². The van der Waals surface area contributed by atoms with Crippen molar-refractivity contribution in [3.05, 3.63) is 64.2 Å². The number of benzene rings is 2. The van der Waals surface area contributed by atoms with Gasteiger partial charge in [-0.05, 0) is 49.2 Å². The number of nitrogens with zero attached hydrogens (tertiary/aromatic N) is 4. The van der Waals surface area contributed by atoms with E-state index in [0.29, 0.717) is 22.8 Å². The maximum absolute atomic E-state index is 12.1. The summed E-state index contributed by atoms with van der Waals surface area (Å²) >= 11 is 5.95. The first kappa shape index (κ1) is 22.8. The average Bonchev–Trinajstić information content (AvgIpc) is 2.81. The van der Waals surface area contributed by atoms with E-state index >= 15 is 0 Å². The van der Waals surface area contributed by atoms with E-state index in [9.17, 15) is 10.1 Å². The molecule has 1 aliphatic rings. The smallest absolute Gasteiger partial charge is 0.319 e. The number of nitrogens with one attached hydrogen (secondary N) is 2. The van der Waals surface area contributed by atoms with Crippen molar-refractivity contribution in [2.45, 2.75) is 13.8 Å². The van der Waals surface area contributed by atoms with E-state index in [0.717, 1.165) is 55.0 Å². The van der Waals surface area contributed by atoms with Crippen molar-refractivity contribution < 1.29 is 4.79 Å². The first-order valence-corrected chi connectivity index (χ1v) is 11.4. The number of fused-ring (bicyclic) bond motifs is 1. The van der Waals surface area contributed by atoms with Gasteiger partial charge in [-0.1, -0.05) is 29.8 Å². The summed E-state index contributed by atoms with van der Waals surface area (Å²) in [6.45, 7) is 8.71. The third-order valence-electron chi connectivity index (χ3n) is 6.08. The lowest BCUT2D eigenvalue weighted by molar-refractivity contribution is 0.240. The van der Waals surface area contributed by atoms with Crippen LogP contribution in [-0.2, 0) is 0 Å². The molecule has 2 aromatic carbocycles. The van der Waals surface area contributed by atoms with Gasteiger partial charge < -0.3 is 15.5 Å². The Balaban J connectivity index is 1.32. The third-order valence-corrected chi connectivity index (χ3v) is 6.31. The lowest BCUT2D eigenvalue weighted by Crippen LogP contribution is -2.49. The van der Waals surface area contributed by atoms with Gasteiger partial charge in [-0.2, -0.15) is 5.26 Å². The summed E-state index contributed by atoms with van der Waals surface area (Å²) in [5.41, 5.74) is 4.58. The molecule has 2 heterocycles. The van der Waals surface area contributed by atoms with Crippen LogP contribution < -0.4 is 15.5 Å².